The molecular weight excluding hydrogens is 402 g/mol. The molecule has 3 N–H and O–H groups in total. The van der Waals surface area contributed by atoms with Crippen LogP contribution in [0.3, 0.4) is 0 Å². The van der Waals surface area contributed by atoms with Gasteiger partial charge in [0.05, 0.1) is 11.4 Å². The van der Waals surface area contributed by atoms with Gasteiger partial charge in [-0.25, -0.2) is 0 Å². The number of aromatic hydroxyl groups is 3. The molecule has 0 amide bonds. The third kappa shape index (κ3) is 4.18. The summed E-state index contributed by atoms with van der Waals surface area (Å²) in [5.41, 5.74) is 4.22. The van der Waals surface area contributed by atoms with Gasteiger partial charge >= 0.3 is 0 Å². The van der Waals surface area contributed by atoms with E-state index < -0.39 is 0 Å². The number of para-hydroxylation sites is 2. The number of phenols is 3. The Morgan fingerprint density at radius 2 is 1.19 bits per heavy atom. The molecule has 0 aliphatic rings. The minimum Gasteiger partial charge on any atom is -0.508 e. The van der Waals surface area contributed by atoms with E-state index in [9.17, 15) is 15.3 Å². The summed E-state index contributed by atoms with van der Waals surface area (Å²) in [6, 6.07) is 23.4. The number of aryl methyl sites for hydroxylation is 3. The van der Waals surface area contributed by atoms with Crippen LogP contribution in [-0.4, -0.2) is 15.3 Å². The molecular formula is C27H25NO4. The van der Waals surface area contributed by atoms with Crippen molar-refractivity contribution in [3.05, 3.63) is 95.6 Å². The van der Waals surface area contributed by atoms with Crippen molar-refractivity contribution in [3.8, 4) is 28.7 Å². The van der Waals surface area contributed by atoms with E-state index in [-0.39, 0.29) is 17.2 Å². The van der Waals surface area contributed by atoms with Gasteiger partial charge < -0.3 is 25.0 Å². The average Bonchev–Trinajstić information content (AvgIpc) is 2.75. The molecule has 0 radical (unpaired) electrons. The first-order valence-corrected chi connectivity index (χ1v) is 10.3. The van der Waals surface area contributed by atoms with Crippen LogP contribution in [0.1, 0.15) is 16.7 Å². The fourth-order valence-corrected chi connectivity index (χ4v) is 3.64. The van der Waals surface area contributed by atoms with Gasteiger partial charge in [-0.3, -0.25) is 0 Å². The van der Waals surface area contributed by atoms with Crippen molar-refractivity contribution in [2.24, 2.45) is 0 Å². The first-order chi connectivity index (χ1) is 15.3. The predicted molar refractivity (Wildman–Crippen MR) is 127 cm³/mol. The molecule has 4 aromatic carbocycles. The van der Waals surface area contributed by atoms with E-state index in [1.165, 1.54) is 0 Å². The van der Waals surface area contributed by atoms with Crippen molar-refractivity contribution < 1.29 is 20.1 Å². The van der Waals surface area contributed by atoms with Crippen LogP contribution in [-0.2, 0) is 0 Å². The summed E-state index contributed by atoms with van der Waals surface area (Å²) < 4.78 is 5.89. The quantitative estimate of drug-likeness (QED) is 0.320. The smallest absolute Gasteiger partial charge is 0.142 e. The first kappa shape index (κ1) is 21.1. The van der Waals surface area contributed by atoms with E-state index in [1.807, 2.05) is 80.3 Å². The van der Waals surface area contributed by atoms with Gasteiger partial charge in [-0.05, 0) is 86.0 Å². The molecule has 0 aromatic heterocycles. The SMILES string of the molecule is Cc1cc(O)cc(Oc2ccc(N(c3cccc(C)c3O)c3cccc(C)c3O)cc2)c1. The minimum atomic E-state index is 0.143. The van der Waals surface area contributed by atoms with Crippen molar-refractivity contribution in [2.75, 3.05) is 4.90 Å². The van der Waals surface area contributed by atoms with Gasteiger partial charge in [-0.1, -0.05) is 24.3 Å². The number of rotatable bonds is 5. The minimum absolute atomic E-state index is 0.143. The molecule has 0 fully saturated rings. The van der Waals surface area contributed by atoms with Crippen molar-refractivity contribution in [1.82, 2.24) is 0 Å². The lowest BCUT2D eigenvalue weighted by Gasteiger charge is -2.27. The molecule has 0 saturated carbocycles. The van der Waals surface area contributed by atoms with E-state index in [2.05, 4.69) is 0 Å². The zero-order chi connectivity index (χ0) is 22.8. The second-order valence-corrected chi connectivity index (χ2v) is 7.82. The fraction of sp³-hybridized carbons (Fsp3) is 0.111. The predicted octanol–water partition coefficient (Wildman–Crippen LogP) is 6.99. The van der Waals surface area contributed by atoms with Crippen LogP contribution in [0.2, 0.25) is 0 Å². The molecule has 0 saturated heterocycles. The van der Waals surface area contributed by atoms with E-state index in [0.717, 1.165) is 22.4 Å². The number of nitrogens with zero attached hydrogens (tertiary/aromatic N) is 1. The molecule has 0 aliphatic carbocycles. The Bertz CT molecular complexity index is 1190. The molecule has 0 unspecified atom stereocenters. The number of phenolic OH excluding ortho intramolecular Hbond substituents is 3. The second-order valence-electron chi connectivity index (χ2n) is 7.82. The third-order valence-corrected chi connectivity index (χ3v) is 5.28. The Kier molecular flexibility index (Phi) is 5.65. The lowest BCUT2D eigenvalue weighted by molar-refractivity contribution is 0.454. The maximum atomic E-state index is 10.8. The summed E-state index contributed by atoms with van der Waals surface area (Å²) >= 11 is 0. The number of hydrogen-bond acceptors (Lipinski definition) is 5. The zero-order valence-electron chi connectivity index (χ0n) is 18.2. The Labute approximate surface area is 187 Å². The molecule has 4 aromatic rings. The van der Waals surface area contributed by atoms with Gasteiger partial charge in [0, 0.05) is 11.8 Å². The molecule has 4 rings (SSSR count). The molecule has 32 heavy (non-hydrogen) atoms. The Hall–Kier alpha value is -4.12. The Balaban J connectivity index is 1.76. The van der Waals surface area contributed by atoms with Crippen molar-refractivity contribution in [1.29, 1.82) is 0 Å². The first-order valence-electron chi connectivity index (χ1n) is 10.3. The summed E-state index contributed by atoms with van der Waals surface area (Å²) in [6.45, 7) is 5.55. The lowest BCUT2D eigenvalue weighted by Crippen LogP contribution is -2.11. The highest BCUT2D eigenvalue weighted by Gasteiger charge is 2.20. The monoisotopic (exact) mass is 427 g/mol. The summed E-state index contributed by atoms with van der Waals surface area (Å²) in [4.78, 5) is 1.81. The Morgan fingerprint density at radius 1 is 0.625 bits per heavy atom. The summed E-state index contributed by atoms with van der Waals surface area (Å²) in [6.07, 6.45) is 0. The molecule has 5 nitrogen and oxygen atoms in total. The van der Waals surface area contributed by atoms with Crippen LogP contribution >= 0.6 is 0 Å². The maximum Gasteiger partial charge on any atom is 0.142 e. The van der Waals surface area contributed by atoms with Gasteiger partial charge in [0.25, 0.3) is 0 Å². The molecule has 162 valence electrons. The van der Waals surface area contributed by atoms with Crippen LogP contribution in [0.25, 0.3) is 0 Å². The van der Waals surface area contributed by atoms with Crippen LogP contribution < -0.4 is 9.64 Å². The second kappa shape index (κ2) is 8.55. The third-order valence-electron chi connectivity index (χ3n) is 5.28. The largest absolute Gasteiger partial charge is 0.508 e. The highest BCUT2D eigenvalue weighted by atomic mass is 16.5. The number of ether oxygens (including phenoxy) is 1. The molecule has 0 spiro atoms. The summed E-state index contributed by atoms with van der Waals surface area (Å²) in [5.74, 6) is 1.57. The zero-order valence-corrected chi connectivity index (χ0v) is 18.2. The molecule has 0 heterocycles. The van der Waals surface area contributed by atoms with Crippen molar-refractivity contribution in [3.63, 3.8) is 0 Å². The summed E-state index contributed by atoms with van der Waals surface area (Å²) in [5, 5.41) is 31.4. The number of hydrogen-bond donors (Lipinski definition) is 3. The number of anilines is 3. The highest BCUT2D eigenvalue weighted by Crippen LogP contribution is 2.45. The topological polar surface area (TPSA) is 73.2 Å². The van der Waals surface area contributed by atoms with E-state index in [1.54, 1.807) is 24.3 Å². The van der Waals surface area contributed by atoms with Gasteiger partial charge in [0.2, 0.25) is 0 Å². The normalized spacial score (nSPS) is 10.7. The van der Waals surface area contributed by atoms with Crippen LogP contribution in [0.4, 0.5) is 17.1 Å². The van der Waals surface area contributed by atoms with Gasteiger partial charge in [-0.15, -0.1) is 0 Å². The van der Waals surface area contributed by atoms with E-state index in [4.69, 9.17) is 4.74 Å². The van der Waals surface area contributed by atoms with Crippen LogP contribution in [0.5, 0.6) is 28.7 Å². The summed E-state index contributed by atoms with van der Waals surface area (Å²) in [7, 11) is 0. The average molecular weight is 428 g/mol. The van der Waals surface area contributed by atoms with Crippen molar-refractivity contribution in [2.45, 2.75) is 20.8 Å². The fourth-order valence-electron chi connectivity index (χ4n) is 3.64. The van der Waals surface area contributed by atoms with Crippen LogP contribution in [0.15, 0.2) is 78.9 Å². The molecule has 0 aliphatic heterocycles. The van der Waals surface area contributed by atoms with Gasteiger partial charge in [0.1, 0.15) is 28.7 Å². The highest BCUT2D eigenvalue weighted by molar-refractivity contribution is 5.84. The molecule has 0 atom stereocenters. The van der Waals surface area contributed by atoms with E-state index >= 15 is 0 Å². The Morgan fingerprint density at radius 3 is 1.72 bits per heavy atom. The van der Waals surface area contributed by atoms with Crippen LogP contribution in [0, 0.1) is 20.8 Å². The molecule has 5 heteroatoms. The standard InChI is InChI=1S/C27H25NO4/c1-17-14-21(29)16-23(15-17)32-22-12-10-20(11-13-22)28(24-8-4-6-18(2)26(24)30)25-9-5-7-19(3)27(25)31/h4-16,29-31H,1-3H3. The van der Waals surface area contributed by atoms with E-state index in [0.29, 0.717) is 22.9 Å². The lowest BCUT2D eigenvalue weighted by atomic mass is 10.1. The number of benzene rings is 4. The van der Waals surface area contributed by atoms with Gasteiger partial charge in [-0.2, -0.15) is 0 Å². The van der Waals surface area contributed by atoms with Crippen molar-refractivity contribution >= 4 is 17.1 Å². The van der Waals surface area contributed by atoms with Gasteiger partial charge in [0.15, 0.2) is 0 Å². The maximum absolute atomic E-state index is 10.8. The molecule has 0 bridgehead atoms.